The minimum absolute atomic E-state index is 0.0473. The molecule has 1 atom stereocenters. The number of methoxy groups -OCH3 is 2. The summed E-state index contributed by atoms with van der Waals surface area (Å²) in [7, 11) is -0.847. The third-order valence-electron chi connectivity index (χ3n) is 6.69. The number of carbonyl (C=O) groups is 1. The monoisotopic (exact) mass is 537 g/mol. The number of hydrogen-bond acceptors (Lipinski definition) is 5. The summed E-state index contributed by atoms with van der Waals surface area (Å²) in [6.45, 7) is 1.66. The number of halogens is 2. The molecule has 9 heteroatoms. The standard InChI is InChI=1S/C24H25BrFNO5S/c1-23(19-12-17(25)7-9-20(19)26)15-33(29,30)24(10-4-5-11-24)22(28)27(23)14-16-6-8-18(31-2)13-21(16)32-3/h4-9,12-13H,10-11,14-15H2,1-3H3. The highest BCUT2D eigenvalue weighted by atomic mass is 79.9. The van der Waals surface area contributed by atoms with E-state index < -0.39 is 31.8 Å². The van der Waals surface area contributed by atoms with Crippen LogP contribution in [0.15, 0.2) is 53.0 Å². The first-order valence-electron chi connectivity index (χ1n) is 10.4. The predicted octanol–water partition coefficient (Wildman–Crippen LogP) is 4.37. The highest BCUT2D eigenvalue weighted by molar-refractivity contribution is 9.10. The van der Waals surface area contributed by atoms with E-state index in [1.54, 1.807) is 49.4 Å². The largest absolute Gasteiger partial charge is 0.497 e. The number of nitrogens with zero attached hydrogens (tertiary/aromatic N) is 1. The van der Waals surface area contributed by atoms with Crippen molar-refractivity contribution in [2.24, 2.45) is 0 Å². The van der Waals surface area contributed by atoms with Crippen LogP contribution >= 0.6 is 15.9 Å². The van der Waals surface area contributed by atoms with E-state index in [0.29, 0.717) is 21.5 Å². The molecule has 1 saturated heterocycles. The van der Waals surface area contributed by atoms with Gasteiger partial charge >= 0.3 is 0 Å². The molecule has 1 unspecified atom stereocenters. The van der Waals surface area contributed by atoms with Crippen LogP contribution in [-0.2, 0) is 26.7 Å². The summed E-state index contributed by atoms with van der Waals surface area (Å²) in [4.78, 5) is 15.5. The van der Waals surface area contributed by atoms with Crippen molar-refractivity contribution < 1.29 is 27.1 Å². The first-order valence-corrected chi connectivity index (χ1v) is 12.9. The number of ether oxygens (including phenoxy) is 2. The Morgan fingerprint density at radius 1 is 1.09 bits per heavy atom. The van der Waals surface area contributed by atoms with Gasteiger partial charge in [-0.2, -0.15) is 0 Å². The van der Waals surface area contributed by atoms with Crippen molar-refractivity contribution in [3.63, 3.8) is 0 Å². The molecule has 1 fully saturated rings. The van der Waals surface area contributed by atoms with E-state index >= 15 is 4.39 Å². The zero-order valence-corrected chi connectivity index (χ0v) is 21.0. The highest BCUT2D eigenvalue weighted by Gasteiger charge is 2.62. The molecule has 1 aliphatic carbocycles. The molecule has 1 amide bonds. The first kappa shape index (κ1) is 23.8. The molecule has 1 heterocycles. The van der Waals surface area contributed by atoms with Crippen molar-refractivity contribution in [2.75, 3.05) is 20.0 Å². The lowest BCUT2D eigenvalue weighted by molar-refractivity contribution is -0.142. The molecule has 4 rings (SSSR count). The number of carbonyl (C=O) groups excluding carboxylic acids is 1. The Morgan fingerprint density at radius 2 is 1.79 bits per heavy atom. The zero-order valence-electron chi connectivity index (χ0n) is 18.6. The Hall–Kier alpha value is -2.39. The smallest absolute Gasteiger partial charge is 0.245 e. The van der Waals surface area contributed by atoms with Crippen molar-refractivity contribution in [1.82, 2.24) is 4.90 Å². The fraction of sp³-hybridized carbons (Fsp3) is 0.375. The van der Waals surface area contributed by atoms with Gasteiger partial charge in [0.2, 0.25) is 5.91 Å². The van der Waals surface area contributed by atoms with Crippen LogP contribution in [0.1, 0.15) is 30.9 Å². The molecule has 2 aromatic carbocycles. The van der Waals surface area contributed by atoms with Gasteiger partial charge < -0.3 is 14.4 Å². The van der Waals surface area contributed by atoms with E-state index in [9.17, 15) is 13.2 Å². The van der Waals surface area contributed by atoms with Crippen LogP contribution in [0.4, 0.5) is 4.39 Å². The average Bonchev–Trinajstić information content (AvgIpc) is 3.29. The summed E-state index contributed by atoms with van der Waals surface area (Å²) in [5, 5.41) is 0. The van der Waals surface area contributed by atoms with Crippen molar-refractivity contribution in [3.05, 3.63) is 70.0 Å². The van der Waals surface area contributed by atoms with Crippen molar-refractivity contribution in [3.8, 4) is 11.5 Å². The number of hydrogen-bond donors (Lipinski definition) is 0. The first-order chi connectivity index (χ1) is 15.6. The fourth-order valence-electron chi connectivity index (χ4n) is 4.78. The molecule has 176 valence electrons. The topological polar surface area (TPSA) is 72.9 Å². The lowest BCUT2D eigenvalue weighted by atomic mass is 9.88. The number of allylic oxidation sites excluding steroid dienone is 2. The van der Waals surface area contributed by atoms with Gasteiger partial charge in [0.05, 0.1) is 32.1 Å². The number of sulfone groups is 1. The average molecular weight is 538 g/mol. The summed E-state index contributed by atoms with van der Waals surface area (Å²) < 4.78 is 52.0. The van der Waals surface area contributed by atoms with Crippen LogP contribution in [-0.4, -0.2) is 43.9 Å². The Kier molecular flexibility index (Phi) is 6.07. The van der Waals surface area contributed by atoms with Gasteiger partial charge in [0, 0.05) is 21.7 Å². The van der Waals surface area contributed by atoms with E-state index in [-0.39, 0.29) is 30.7 Å². The van der Waals surface area contributed by atoms with Gasteiger partial charge in [0.1, 0.15) is 17.3 Å². The molecule has 0 radical (unpaired) electrons. The molecular weight excluding hydrogens is 513 g/mol. The molecule has 33 heavy (non-hydrogen) atoms. The second kappa shape index (κ2) is 8.43. The molecular formula is C24H25BrFNO5S. The minimum Gasteiger partial charge on any atom is -0.497 e. The van der Waals surface area contributed by atoms with Crippen LogP contribution in [0.25, 0.3) is 0 Å². The summed E-state index contributed by atoms with van der Waals surface area (Å²) in [5.74, 6) is -0.416. The summed E-state index contributed by atoms with van der Waals surface area (Å²) in [6, 6.07) is 9.57. The van der Waals surface area contributed by atoms with Gasteiger partial charge in [-0.1, -0.05) is 28.1 Å². The van der Waals surface area contributed by atoms with E-state index in [1.807, 2.05) is 0 Å². The molecule has 6 nitrogen and oxygen atoms in total. The molecule has 2 aromatic rings. The maximum Gasteiger partial charge on any atom is 0.245 e. The predicted molar refractivity (Wildman–Crippen MR) is 126 cm³/mol. The van der Waals surface area contributed by atoms with Crippen molar-refractivity contribution in [1.29, 1.82) is 0 Å². The maximum atomic E-state index is 15.1. The highest BCUT2D eigenvalue weighted by Crippen LogP contribution is 2.48. The molecule has 0 saturated carbocycles. The van der Waals surface area contributed by atoms with Gasteiger partial charge in [0.15, 0.2) is 14.6 Å². The fourth-order valence-corrected chi connectivity index (χ4v) is 7.55. The molecule has 0 N–H and O–H groups in total. The van der Waals surface area contributed by atoms with Gasteiger partial charge in [-0.05, 0) is 50.1 Å². The summed E-state index contributed by atoms with van der Waals surface area (Å²) >= 11 is 3.35. The molecule has 2 aliphatic rings. The van der Waals surface area contributed by atoms with Crippen LogP contribution < -0.4 is 9.47 Å². The van der Waals surface area contributed by atoms with E-state index in [1.165, 1.54) is 25.2 Å². The van der Waals surface area contributed by atoms with Crippen LogP contribution in [0.3, 0.4) is 0 Å². The lowest BCUT2D eigenvalue weighted by Crippen LogP contribution is -2.66. The second-order valence-corrected chi connectivity index (χ2v) is 11.8. The Labute approximate surface area is 201 Å². The minimum atomic E-state index is -3.90. The van der Waals surface area contributed by atoms with E-state index in [2.05, 4.69) is 15.9 Å². The quantitative estimate of drug-likeness (QED) is 0.529. The Bertz CT molecular complexity index is 1240. The molecule has 0 bridgehead atoms. The van der Waals surface area contributed by atoms with Crippen molar-refractivity contribution in [2.45, 2.75) is 36.6 Å². The number of amides is 1. The summed E-state index contributed by atoms with van der Waals surface area (Å²) in [5.41, 5.74) is -0.626. The van der Waals surface area contributed by atoms with E-state index in [4.69, 9.17) is 9.47 Å². The third-order valence-corrected chi connectivity index (χ3v) is 9.82. The van der Waals surface area contributed by atoms with Gasteiger partial charge in [-0.15, -0.1) is 0 Å². The number of benzene rings is 2. The van der Waals surface area contributed by atoms with Crippen LogP contribution in [0.2, 0.25) is 0 Å². The number of rotatable bonds is 5. The second-order valence-electron chi connectivity index (χ2n) is 8.60. The Balaban J connectivity index is 1.89. The lowest BCUT2D eigenvalue weighted by Gasteiger charge is -2.50. The third kappa shape index (κ3) is 3.75. The zero-order chi connectivity index (χ0) is 24.0. The Morgan fingerprint density at radius 3 is 2.42 bits per heavy atom. The molecule has 1 spiro atoms. The molecule has 1 aliphatic heterocycles. The molecule has 0 aromatic heterocycles. The van der Waals surface area contributed by atoms with Gasteiger partial charge in [-0.3, -0.25) is 4.79 Å². The maximum absolute atomic E-state index is 15.1. The summed E-state index contributed by atoms with van der Waals surface area (Å²) in [6.07, 6.45) is 3.68. The SMILES string of the molecule is COc1ccc(CN2C(=O)C3(CC=CC3)S(=O)(=O)CC2(C)c2cc(Br)ccc2F)c(OC)c1. The van der Waals surface area contributed by atoms with Crippen LogP contribution in [0, 0.1) is 5.82 Å². The van der Waals surface area contributed by atoms with Gasteiger partial charge in [-0.25, -0.2) is 12.8 Å². The van der Waals surface area contributed by atoms with E-state index in [0.717, 1.165) is 0 Å². The van der Waals surface area contributed by atoms with Crippen molar-refractivity contribution >= 4 is 31.7 Å². The normalized spacial score (nSPS) is 23.2. The van der Waals surface area contributed by atoms with Gasteiger partial charge in [0.25, 0.3) is 0 Å². The van der Waals surface area contributed by atoms with Crippen LogP contribution in [0.5, 0.6) is 11.5 Å².